The van der Waals surface area contributed by atoms with Crippen molar-refractivity contribution in [3.8, 4) is 11.1 Å². The molecule has 0 aliphatic carbocycles. The van der Waals surface area contributed by atoms with Gasteiger partial charge in [0.2, 0.25) is 0 Å². The van der Waals surface area contributed by atoms with E-state index < -0.39 is 31.8 Å². The monoisotopic (exact) mass is 406 g/mol. The Labute approximate surface area is 163 Å². The van der Waals surface area contributed by atoms with E-state index in [1.807, 2.05) is 60.1 Å². The highest BCUT2D eigenvalue weighted by atomic mass is 31.2. The maximum Gasteiger partial charge on any atom is 0.339 e. The van der Waals surface area contributed by atoms with Gasteiger partial charge in [-0.2, -0.15) is 5.48 Å². The number of hydroxylamine groups is 1. The second kappa shape index (κ2) is 10.1. The van der Waals surface area contributed by atoms with Gasteiger partial charge in [0.25, 0.3) is 5.91 Å². The average molecular weight is 406 g/mol. The molecule has 2 aromatic carbocycles. The third-order valence-electron chi connectivity index (χ3n) is 3.92. The zero-order valence-electron chi connectivity index (χ0n) is 15.4. The van der Waals surface area contributed by atoms with Gasteiger partial charge in [-0.15, -0.1) is 0 Å². The topological polar surface area (TPSA) is 125 Å². The molecule has 0 aliphatic rings. The maximum atomic E-state index is 12.3. The summed E-state index contributed by atoms with van der Waals surface area (Å²) in [6.07, 6.45) is -0.429. The molecule has 0 fully saturated rings. The van der Waals surface area contributed by atoms with Gasteiger partial charge in [0.1, 0.15) is 0 Å². The highest BCUT2D eigenvalue weighted by Gasteiger charge is 2.23. The minimum absolute atomic E-state index is 0.0851. The number of carbonyl (C=O) groups is 2. The molecule has 28 heavy (non-hydrogen) atoms. The fraction of sp³-hybridized carbons (Fsp3) is 0.263. The lowest BCUT2D eigenvalue weighted by Gasteiger charge is -2.18. The van der Waals surface area contributed by atoms with Gasteiger partial charge in [-0.05, 0) is 23.1 Å². The van der Waals surface area contributed by atoms with E-state index in [-0.39, 0.29) is 12.8 Å². The molecule has 1 amide bonds. The van der Waals surface area contributed by atoms with E-state index in [1.54, 1.807) is 6.92 Å². The fourth-order valence-electron chi connectivity index (χ4n) is 2.44. The minimum Gasteiger partial charge on any atom is -0.341 e. The lowest BCUT2D eigenvalue weighted by molar-refractivity contribution is -0.158. The van der Waals surface area contributed by atoms with E-state index in [1.165, 1.54) is 0 Å². The fourth-order valence-corrected chi connectivity index (χ4v) is 2.89. The second-order valence-electron chi connectivity index (χ2n) is 6.14. The molecule has 0 bridgehead atoms. The van der Waals surface area contributed by atoms with Crippen molar-refractivity contribution in [2.75, 3.05) is 6.29 Å². The van der Waals surface area contributed by atoms with Gasteiger partial charge in [-0.1, -0.05) is 61.5 Å². The molecule has 0 saturated carbocycles. The van der Waals surface area contributed by atoms with Crippen molar-refractivity contribution < 1.29 is 28.8 Å². The predicted octanol–water partition coefficient (Wildman–Crippen LogP) is 1.97. The molecular formula is C19H23N2O6P. The van der Waals surface area contributed by atoms with Crippen LogP contribution in [0.25, 0.3) is 11.1 Å². The molecule has 2 aromatic rings. The zero-order valence-corrected chi connectivity index (χ0v) is 16.3. The summed E-state index contributed by atoms with van der Waals surface area (Å²) in [5.41, 5.74) is 4.86. The summed E-state index contributed by atoms with van der Waals surface area (Å²) in [7, 11) is -4.35. The van der Waals surface area contributed by atoms with Crippen LogP contribution in [-0.2, 0) is 25.4 Å². The molecule has 8 nitrogen and oxygen atoms in total. The molecule has 0 unspecified atom stereocenters. The number of carbonyl (C=O) groups excluding carboxylic acids is 2. The molecule has 0 aromatic heterocycles. The summed E-state index contributed by atoms with van der Waals surface area (Å²) in [4.78, 5) is 46.2. The number of hydrogen-bond acceptors (Lipinski definition) is 5. The predicted molar refractivity (Wildman–Crippen MR) is 104 cm³/mol. The molecule has 2 rings (SSSR count). The molecule has 150 valence electrons. The summed E-state index contributed by atoms with van der Waals surface area (Å²) >= 11 is 0. The van der Waals surface area contributed by atoms with Gasteiger partial charge in [-0.3, -0.25) is 14.7 Å². The van der Waals surface area contributed by atoms with Gasteiger partial charge < -0.3 is 14.6 Å². The Morgan fingerprint density at radius 2 is 1.64 bits per heavy atom. The van der Waals surface area contributed by atoms with Gasteiger partial charge in [0, 0.05) is 6.42 Å². The van der Waals surface area contributed by atoms with E-state index in [9.17, 15) is 14.2 Å². The number of nitrogens with one attached hydrogen (secondary N) is 2. The SMILES string of the molecule is CCC(=O)ONC(=O)[C@H](Cc1ccc(-c2ccccc2)cc1)NCP(=O)(O)O. The normalized spacial score (nSPS) is 12.2. The highest BCUT2D eigenvalue weighted by Crippen LogP contribution is 2.32. The standard InChI is InChI=1S/C19H23N2O6P/c1-2-18(22)27-21-19(23)17(20-13-28(24,25)26)12-14-8-10-16(11-9-14)15-6-4-3-5-7-15/h3-11,17,20H,2,12-13H2,1H3,(H,21,23)(H2,24,25,26)/t17-/m0/s1. The first-order valence-electron chi connectivity index (χ1n) is 8.70. The van der Waals surface area contributed by atoms with Crippen LogP contribution in [0.3, 0.4) is 0 Å². The smallest absolute Gasteiger partial charge is 0.339 e. The largest absolute Gasteiger partial charge is 0.341 e. The first kappa shape index (κ1) is 21.8. The van der Waals surface area contributed by atoms with Crippen LogP contribution < -0.4 is 10.8 Å². The number of amides is 1. The molecule has 0 saturated heterocycles. The molecule has 0 radical (unpaired) electrons. The van der Waals surface area contributed by atoms with Crippen molar-refractivity contribution in [3.05, 3.63) is 60.2 Å². The van der Waals surface area contributed by atoms with Crippen molar-refractivity contribution in [2.45, 2.75) is 25.8 Å². The summed E-state index contributed by atoms with van der Waals surface area (Å²) in [6, 6.07) is 16.3. The highest BCUT2D eigenvalue weighted by molar-refractivity contribution is 7.51. The van der Waals surface area contributed by atoms with Crippen LogP contribution in [-0.4, -0.2) is 34.0 Å². The minimum atomic E-state index is -4.35. The third-order valence-corrected chi connectivity index (χ3v) is 4.51. The first-order valence-corrected chi connectivity index (χ1v) is 10.5. The molecule has 4 N–H and O–H groups in total. The lowest BCUT2D eigenvalue weighted by atomic mass is 10.0. The van der Waals surface area contributed by atoms with Gasteiger partial charge in [0.05, 0.1) is 12.3 Å². The van der Waals surface area contributed by atoms with Crippen molar-refractivity contribution in [3.63, 3.8) is 0 Å². The summed E-state index contributed by atoms with van der Waals surface area (Å²) in [5, 5.41) is 2.53. The molecule has 0 aliphatic heterocycles. The van der Waals surface area contributed by atoms with Crippen molar-refractivity contribution >= 4 is 19.5 Å². The quantitative estimate of drug-likeness (QED) is 0.390. The van der Waals surface area contributed by atoms with Gasteiger partial charge in [0.15, 0.2) is 0 Å². The van der Waals surface area contributed by atoms with Crippen LogP contribution in [0.1, 0.15) is 18.9 Å². The Kier molecular flexibility index (Phi) is 7.90. The van der Waals surface area contributed by atoms with Gasteiger partial charge >= 0.3 is 13.6 Å². The van der Waals surface area contributed by atoms with Crippen LogP contribution >= 0.6 is 7.60 Å². The Morgan fingerprint density at radius 3 is 2.21 bits per heavy atom. The van der Waals surface area contributed by atoms with Crippen molar-refractivity contribution in [1.29, 1.82) is 0 Å². The number of hydrogen-bond donors (Lipinski definition) is 4. The summed E-state index contributed by atoms with van der Waals surface area (Å²) < 4.78 is 11.1. The molecule has 0 spiro atoms. The maximum absolute atomic E-state index is 12.3. The van der Waals surface area contributed by atoms with Gasteiger partial charge in [-0.25, -0.2) is 4.79 Å². The zero-order chi connectivity index (χ0) is 20.6. The van der Waals surface area contributed by atoms with Crippen molar-refractivity contribution in [2.24, 2.45) is 0 Å². The first-order chi connectivity index (χ1) is 13.3. The molecular weight excluding hydrogens is 383 g/mol. The lowest BCUT2D eigenvalue weighted by Crippen LogP contribution is -2.46. The van der Waals surface area contributed by atoms with E-state index in [4.69, 9.17) is 9.79 Å². The Hall–Kier alpha value is -2.51. The van der Waals surface area contributed by atoms with Crippen LogP contribution in [0.4, 0.5) is 0 Å². The third kappa shape index (κ3) is 7.25. The van der Waals surface area contributed by atoms with Crippen LogP contribution in [0, 0.1) is 0 Å². The van der Waals surface area contributed by atoms with Crippen LogP contribution in [0.15, 0.2) is 54.6 Å². The Balaban J connectivity index is 2.08. The average Bonchev–Trinajstić information content (AvgIpc) is 2.69. The molecule has 9 heteroatoms. The van der Waals surface area contributed by atoms with Crippen LogP contribution in [0.5, 0.6) is 0 Å². The summed E-state index contributed by atoms with van der Waals surface area (Å²) in [6.45, 7) is 1.58. The molecule has 0 heterocycles. The number of benzene rings is 2. The van der Waals surface area contributed by atoms with E-state index >= 15 is 0 Å². The van der Waals surface area contributed by atoms with Crippen LogP contribution in [0.2, 0.25) is 0 Å². The summed E-state index contributed by atoms with van der Waals surface area (Å²) in [5.74, 6) is -1.31. The second-order valence-corrected chi connectivity index (χ2v) is 7.79. The Morgan fingerprint density at radius 1 is 1.04 bits per heavy atom. The van der Waals surface area contributed by atoms with E-state index in [0.717, 1.165) is 16.7 Å². The van der Waals surface area contributed by atoms with E-state index in [2.05, 4.69) is 10.2 Å². The Bertz CT molecular complexity index is 835. The number of rotatable bonds is 8. The van der Waals surface area contributed by atoms with Crippen molar-refractivity contribution in [1.82, 2.24) is 10.8 Å². The van der Waals surface area contributed by atoms with E-state index in [0.29, 0.717) is 0 Å². The molecule has 1 atom stereocenters.